The van der Waals surface area contributed by atoms with Crippen LogP contribution in [-0.2, 0) is 11.3 Å². The minimum Gasteiger partial charge on any atom is -1.00 e. The lowest BCUT2D eigenvalue weighted by Gasteiger charge is -2.14. The molecule has 1 aromatic carbocycles. The summed E-state index contributed by atoms with van der Waals surface area (Å²) >= 11 is 0. The van der Waals surface area contributed by atoms with Crippen molar-refractivity contribution < 1.29 is 26.3 Å². The monoisotopic (exact) mass is 359 g/mol. The lowest BCUT2D eigenvalue weighted by Crippen LogP contribution is -3.00. The Kier molecular flexibility index (Phi) is 6.69. The number of ketones is 1. The molecule has 0 bridgehead atoms. The van der Waals surface area contributed by atoms with Gasteiger partial charge in [0.1, 0.15) is 0 Å². The highest BCUT2D eigenvalue weighted by Gasteiger charge is 2.25. The van der Waals surface area contributed by atoms with Gasteiger partial charge in [0.2, 0.25) is 18.0 Å². The molecule has 22 heavy (non-hydrogen) atoms. The molecule has 2 aromatic rings. The van der Waals surface area contributed by atoms with Crippen LogP contribution >= 0.6 is 0 Å². The van der Waals surface area contributed by atoms with E-state index < -0.39 is 0 Å². The van der Waals surface area contributed by atoms with Crippen LogP contribution in [0, 0.1) is 5.41 Å². The summed E-state index contributed by atoms with van der Waals surface area (Å²) in [5, 5.41) is 0. The first-order valence-corrected chi connectivity index (χ1v) is 7.22. The van der Waals surface area contributed by atoms with Gasteiger partial charge in [-0.15, -0.1) is 0 Å². The Balaban J connectivity index is 0.00000242. The van der Waals surface area contributed by atoms with E-state index in [1.807, 2.05) is 74.0 Å². The van der Waals surface area contributed by atoms with E-state index in [1.165, 1.54) is 0 Å². The molecule has 0 aliphatic carbocycles. The molecule has 0 spiro atoms. The van der Waals surface area contributed by atoms with Crippen LogP contribution in [0.5, 0.6) is 0 Å². The summed E-state index contributed by atoms with van der Waals surface area (Å²) in [6.45, 7) is 6.27. The topological polar surface area (TPSA) is 20.9 Å². The quantitative estimate of drug-likeness (QED) is 0.738. The minimum atomic E-state index is -0.316. The Morgan fingerprint density at radius 3 is 2.27 bits per heavy atom. The molecule has 0 amide bonds. The molecule has 0 fully saturated rings. The second-order valence-electron chi connectivity index (χ2n) is 6.17. The fraction of sp³-hybridized carbons (Fsp3) is 0.263. The molecule has 2 rings (SSSR count). The third-order valence-electron chi connectivity index (χ3n) is 3.37. The van der Waals surface area contributed by atoms with Crippen molar-refractivity contribution >= 4 is 17.9 Å². The van der Waals surface area contributed by atoms with Gasteiger partial charge in [0.05, 0.1) is 0 Å². The number of pyridine rings is 1. The summed E-state index contributed by atoms with van der Waals surface area (Å²) in [6, 6.07) is 16.1. The second-order valence-corrected chi connectivity index (χ2v) is 6.17. The first-order chi connectivity index (χ1) is 9.97. The maximum Gasteiger partial charge on any atom is 0.207 e. The first-order valence-electron chi connectivity index (χ1n) is 7.22. The number of carbonyl (C=O) groups is 1. The standard InChI is InChI=1S/C19H22NO.BrH/c1-19(2,3)18(21)15-20-14-8-7-11-17(20)13-12-16-9-5-4-6-10-16;/h4-14H,15H2,1-3H3;1H/q+1;/p-1/b13-12+;. The molecule has 0 N–H and O–H groups in total. The van der Waals surface area contributed by atoms with Gasteiger partial charge in [-0.25, -0.2) is 0 Å². The van der Waals surface area contributed by atoms with E-state index in [-0.39, 0.29) is 28.2 Å². The number of carbonyl (C=O) groups excluding carboxylic acids is 1. The smallest absolute Gasteiger partial charge is 0.207 e. The molecule has 2 nitrogen and oxygen atoms in total. The molecule has 0 radical (unpaired) electrons. The van der Waals surface area contributed by atoms with Crippen molar-refractivity contribution in [3.63, 3.8) is 0 Å². The van der Waals surface area contributed by atoms with Gasteiger partial charge in [-0.05, 0) is 17.7 Å². The van der Waals surface area contributed by atoms with E-state index in [1.54, 1.807) is 0 Å². The fourth-order valence-electron chi connectivity index (χ4n) is 1.92. The van der Waals surface area contributed by atoms with Crippen molar-refractivity contribution in [2.45, 2.75) is 27.3 Å². The fourth-order valence-corrected chi connectivity index (χ4v) is 1.92. The average Bonchev–Trinajstić information content (AvgIpc) is 2.46. The summed E-state index contributed by atoms with van der Waals surface area (Å²) in [6.07, 6.45) is 6.06. The van der Waals surface area contributed by atoms with Crippen LogP contribution in [0.1, 0.15) is 32.0 Å². The number of aromatic nitrogens is 1. The molecule has 1 aromatic heterocycles. The Bertz CT molecular complexity index is 642. The van der Waals surface area contributed by atoms with Gasteiger partial charge >= 0.3 is 0 Å². The zero-order chi connectivity index (χ0) is 15.3. The van der Waals surface area contributed by atoms with E-state index in [2.05, 4.69) is 18.2 Å². The Labute approximate surface area is 143 Å². The van der Waals surface area contributed by atoms with E-state index in [4.69, 9.17) is 0 Å². The molecule has 0 atom stereocenters. The molecule has 0 unspecified atom stereocenters. The zero-order valence-corrected chi connectivity index (χ0v) is 14.9. The van der Waals surface area contributed by atoms with Crippen molar-refractivity contribution in [3.8, 4) is 0 Å². The maximum atomic E-state index is 12.2. The molecule has 116 valence electrons. The largest absolute Gasteiger partial charge is 1.00 e. The van der Waals surface area contributed by atoms with Gasteiger partial charge < -0.3 is 17.0 Å². The number of hydrogen-bond donors (Lipinski definition) is 0. The Morgan fingerprint density at radius 1 is 1.00 bits per heavy atom. The molecule has 0 aliphatic rings. The number of Topliss-reactive ketones (excluding diaryl/α,β-unsaturated/α-hetero) is 1. The van der Waals surface area contributed by atoms with E-state index in [0.717, 1.165) is 11.3 Å². The Hall–Kier alpha value is -1.74. The number of halogens is 1. The summed E-state index contributed by atoms with van der Waals surface area (Å²) in [5.74, 6) is 0.230. The van der Waals surface area contributed by atoms with Gasteiger partial charge in [0.25, 0.3) is 0 Å². The molecule has 3 heteroatoms. The molecular formula is C19H22BrNO. The highest BCUT2D eigenvalue weighted by Crippen LogP contribution is 2.14. The van der Waals surface area contributed by atoms with Crippen LogP contribution < -0.4 is 21.5 Å². The van der Waals surface area contributed by atoms with Gasteiger partial charge in [0, 0.05) is 23.6 Å². The molecule has 0 aliphatic heterocycles. The normalized spacial score (nSPS) is 11.2. The number of hydrogen-bond acceptors (Lipinski definition) is 1. The van der Waals surface area contributed by atoms with E-state index in [0.29, 0.717) is 6.54 Å². The van der Waals surface area contributed by atoms with Crippen LogP contribution in [0.25, 0.3) is 12.2 Å². The lowest BCUT2D eigenvalue weighted by atomic mass is 9.91. The van der Waals surface area contributed by atoms with E-state index >= 15 is 0 Å². The second kappa shape index (κ2) is 8.04. The van der Waals surface area contributed by atoms with Gasteiger partial charge in [-0.2, -0.15) is 4.57 Å². The zero-order valence-electron chi connectivity index (χ0n) is 13.3. The molecular weight excluding hydrogens is 338 g/mol. The highest BCUT2D eigenvalue weighted by molar-refractivity contribution is 5.82. The molecule has 0 saturated heterocycles. The van der Waals surface area contributed by atoms with Crippen molar-refractivity contribution in [1.29, 1.82) is 0 Å². The summed E-state index contributed by atoms with van der Waals surface area (Å²) in [4.78, 5) is 12.2. The molecule has 0 saturated carbocycles. The van der Waals surface area contributed by atoms with Crippen LogP contribution in [0.4, 0.5) is 0 Å². The molecule has 1 heterocycles. The van der Waals surface area contributed by atoms with Gasteiger partial charge in [-0.1, -0.05) is 51.1 Å². The number of nitrogens with zero attached hydrogens (tertiary/aromatic N) is 1. The van der Waals surface area contributed by atoms with Gasteiger partial charge in [-0.3, -0.25) is 4.79 Å². The Morgan fingerprint density at radius 2 is 1.64 bits per heavy atom. The summed E-state index contributed by atoms with van der Waals surface area (Å²) in [5.41, 5.74) is 1.86. The maximum absolute atomic E-state index is 12.2. The van der Waals surface area contributed by atoms with Crippen LogP contribution in [0.3, 0.4) is 0 Å². The summed E-state index contributed by atoms with van der Waals surface area (Å²) in [7, 11) is 0. The van der Waals surface area contributed by atoms with Crippen molar-refractivity contribution in [2.75, 3.05) is 0 Å². The highest BCUT2D eigenvalue weighted by atomic mass is 79.9. The van der Waals surface area contributed by atoms with Gasteiger partial charge in [0.15, 0.2) is 6.20 Å². The summed E-state index contributed by atoms with van der Waals surface area (Å²) < 4.78 is 1.99. The van der Waals surface area contributed by atoms with Crippen LogP contribution in [-0.4, -0.2) is 5.78 Å². The lowest BCUT2D eigenvalue weighted by molar-refractivity contribution is -0.686. The predicted octanol–water partition coefficient (Wildman–Crippen LogP) is 0.764. The number of benzene rings is 1. The van der Waals surface area contributed by atoms with Crippen molar-refractivity contribution in [2.24, 2.45) is 5.41 Å². The van der Waals surface area contributed by atoms with E-state index in [9.17, 15) is 4.79 Å². The third-order valence-corrected chi connectivity index (χ3v) is 3.37. The predicted molar refractivity (Wildman–Crippen MR) is 86.5 cm³/mol. The SMILES string of the molecule is CC(C)(C)C(=O)C[n+]1ccccc1/C=C/c1ccccc1.[Br-]. The van der Waals surface area contributed by atoms with Crippen molar-refractivity contribution in [3.05, 3.63) is 66.0 Å². The van der Waals surface area contributed by atoms with Crippen molar-refractivity contribution in [1.82, 2.24) is 0 Å². The van der Waals surface area contributed by atoms with Crippen LogP contribution in [0.2, 0.25) is 0 Å². The third kappa shape index (κ3) is 5.23. The first kappa shape index (κ1) is 18.3. The van der Waals surface area contributed by atoms with Crippen LogP contribution in [0.15, 0.2) is 54.7 Å². The average molecular weight is 360 g/mol. The number of rotatable bonds is 4. The minimum absolute atomic E-state index is 0.